The maximum Gasteiger partial charge on any atom is 0.333 e. The molecule has 0 radical (unpaired) electrons. The molecule has 0 aromatic heterocycles. The number of nitrogens with zero attached hydrogens (tertiary/aromatic N) is 2. The number of phenols is 2. The van der Waals surface area contributed by atoms with Crippen molar-refractivity contribution >= 4 is 56.8 Å². The van der Waals surface area contributed by atoms with Gasteiger partial charge in [-0.2, -0.15) is 0 Å². The second kappa shape index (κ2) is 32.8. The predicted octanol–water partition coefficient (Wildman–Crippen LogP) is 12.8. The summed E-state index contributed by atoms with van der Waals surface area (Å²) in [4.78, 5) is 62.7. The van der Waals surface area contributed by atoms with Crippen LogP contribution in [0.25, 0.3) is 0 Å². The van der Waals surface area contributed by atoms with Crippen LogP contribution in [0.15, 0.2) is 158 Å². The Morgan fingerprint density at radius 2 is 1.01 bits per heavy atom. The van der Waals surface area contributed by atoms with Crippen LogP contribution in [0, 0.1) is 23.5 Å². The van der Waals surface area contributed by atoms with Crippen molar-refractivity contribution in [3.63, 3.8) is 0 Å². The van der Waals surface area contributed by atoms with Crippen LogP contribution in [0.1, 0.15) is 106 Å². The third kappa shape index (κ3) is 19.1. The number of anilines is 2. The summed E-state index contributed by atoms with van der Waals surface area (Å²) >= 11 is 3.02. The first-order valence-electron chi connectivity index (χ1n) is 26.6. The Labute approximate surface area is 490 Å². The third-order valence-corrected chi connectivity index (χ3v) is 15.1. The molecule has 12 rings (SSSR count). The van der Waals surface area contributed by atoms with Crippen molar-refractivity contribution in [2.45, 2.75) is 86.1 Å². The van der Waals surface area contributed by atoms with E-state index < -0.39 is 18.1 Å². The second-order valence-corrected chi connectivity index (χ2v) is 20.5. The van der Waals surface area contributed by atoms with Crippen LogP contribution in [-0.4, -0.2) is 119 Å². The Balaban J connectivity index is 0.000000273. The smallest absolute Gasteiger partial charge is 0.333 e. The van der Waals surface area contributed by atoms with E-state index in [0.29, 0.717) is 46.1 Å². The Hall–Kier alpha value is -7.47. The maximum atomic E-state index is 13.5. The molecule has 0 amide bonds. The number of halogens is 3. The number of ketones is 2. The number of rotatable bonds is 16. The van der Waals surface area contributed by atoms with E-state index in [4.69, 9.17) is 9.47 Å². The highest BCUT2D eigenvalue weighted by Gasteiger charge is 2.49. The zero-order chi connectivity index (χ0) is 56.3. The molecule has 440 valence electrons. The number of piperidine rings is 6. The zero-order valence-electron chi connectivity index (χ0n) is 44.4. The average Bonchev–Trinajstić information content (AvgIpc) is 2.90. The number of ether oxygens (including phenoxy) is 3. The molecular formula is C65H80BrF2N4O10+. The summed E-state index contributed by atoms with van der Waals surface area (Å²) in [5.74, 6) is -0.985. The van der Waals surface area contributed by atoms with Gasteiger partial charge in [-0.3, -0.25) is 19.3 Å². The predicted molar refractivity (Wildman–Crippen MR) is 321 cm³/mol. The summed E-state index contributed by atoms with van der Waals surface area (Å²) < 4.78 is 43.6. The van der Waals surface area contributed by atoms with Crippen molar-refractivity contribution in [1.29, 1.82) is 0 Å². The molecule has 17 heteroatoms. The first-order valence-corrected chi connectivity index (χ1v) is 27.7. The fourth-order valence-electron chi connectivity index (χ4n) is 10.4. The number of Topliss-reactive ketones (excluding diaryl/α,β-unsaturated/α-hetero) is 2. The van der Waals surface area contributed by atoms with Crippen molar-refractivity contribution < 1.29 is 61.7 Å². The summed E-state index contributed by atoms with van der Waals surface area (Å²) in [6.45, 7) is 9.25. The van der Waals surface area contributed by atoms with Crippen molar-refractivity contribution in [3.05, 3.63) is 192 Å². The van der Waals surface area contributed by atoms with Gasteiger partial charge in [0.1, 0.15) is 42.3 Å². The number of para-hydroxylation sites is 2. The van der Waals surface area contributed by atoms with E-state index >= 15 is 0 Å². The third-order valence-electron chi connectivity index (χ3n) is 14.6. The zero-order valence-corrected chi connectivity index (χ0v) is 45.9. The number of fused-ring (bicyclic) bond motifs is 6. The lowest BCUT2D eigenvalue weighted by atomic mass is 9.82. The normalized spacial score (nSPS) is 20.3. The highest BCUT2D eigenvalue weighted by molar-refractivity contribution is 9.09. The maximum absolute atomic E-state index is 13.5. The number of hydrogen-bond acceptors (Lipinski definition) is 13. The van der Waals surface area contributed by atoms with E-state index in [9.17, 15) is 43.0 Å². The molecule has 6 saturated heterocycles. The molecule has 6 fully saturated rings. The fourth-order valence-corrected chi connectivity index (χ4v) is 10.7. The highest BCUT2D eigenvalue weighted by atomic mass is 79.9. The van der Waals surface area contributed by atoms with Gasteiger partial charge < -0.3 is 39.5 Å². The monoisotopic (exact) mass is 1190 g/mol. The molecular weight excluding hydrogens is 1110 g/mol. The van der Waals surface area contributed by atoms with Gasteiger partial charge in [-0.1, -0.05) is 123 Å². The number of benzene rings is 6. The Morgan fingerprint density at radius 3 is 1.40 bits per heavy atom. The van der Waals surface area contributed by atoms with Crippen molar-refractivity contribution in [2.24, 2.45) is 11.8 Å². The Kier molecular flexibility index (Phi) is 26.8. The molecule has 0 aliphatic carbocycles. The van der Waals surface area contributed by atoms with Crippen LogP contribution in [0.4, 0.5) is 20.2 Å². The van der Waals surface area contributed by atoms with E-state index in [2.05, 4.69) is 36.2 Å². The van der Waals surface area contributed by atoms with Crippen LogP contribution in [0.2, 0.25) is 0 Å². The molecule has 0 spiro atoms. The second-order valence-electron chi connectivity index (χ2n) is 20.0. The molecule has 6 aliphatic rings. The molecule has 0 saturated carbocycles. The highest BCUT2D eigenvalue weighted by Crippen LogP contribution is 2.38. The van der Waals surface area contributed by atoms with Gasteiger partial charge in [0.25, 0.3) is 0 Å². The molecule has 4 bridgehead atoms. The molecule has 6 aromatic rings. The van der Waals surface area contributed by atoms with Gasteiger partial charge in [0, 0.05) is 43.6 Å². The van der Waals surface area contributed by atoms with Crippen LogP contribution in [-0.2, 0) is 28.6 Å². The van der Waals surface area contributed by atoms with Crippen LogP contribution in [0.5, 0.6) is 11.5 Å². The summed E-state index contributed by atoms with van der Waals surface area (Å²) in [7, 11) is 0. The first kappa shape index (κ1) is 67.0. The number of phenolic OH excluding ortho intramolecular Hbond substituents is 2. The number of carbonyl (C=O) groups is 5. The summed E-state index contributed by atoms with van der Waals surface area (Å²) in [5.41, 5.74) is 3.59. The van der Waals surface area contributed by atoms with E-state index in [1.54, 1.807) is 67.6 Å². The average molecular weight is 1200 g/mol. The standard InChI is InChI=1S/C29H29FN2O4.C21H23FN2O2.C8H7BrO2.C4H8O2.3CH4/c30-22-10-12-23(13-11-22)31-28(21-6-2-1-3-7-21)29(35)36-27-19-32(16-14-20(27)15-17-32)18-26(34)24-8-4-5-9-25(24)33;22-17-6-8-18(9-7-17)23-20(16-4-2-1-3-5-16)21(25)26-19-14-24-12-10-15(19)11-13-24;9-5-8(11)6-3-1-2-4-7(6)10;1-3-6-4(2)5;;;/h1-13,20,27-28,31H,14-19H2;1-9,15,19-20,23H,10-14H2;1-4,10H,5H2;3H2,1-2H3;3*1H4/p+1/t20?,27-,28+,32?;19-,20+;;;;;/m00...../s1. The lowest BCUT2D eigenvalue weighted by Gasteiger charge is -2.51. The number of nitrogens with one attached hydrogen (secondary N) is 2. The Bertz CT molecular complexity index is 2940. The number of hydrogen-bond donors (Lipinski definition) is 4. The Morgan fingerprint density at radius 1 is 0.598 bits per heavy atom. The summed E-state index contributed by atoms with van der Waals surface area (Å²) in [5, 5.41) is 25.9. The van der Waals surface area contributed by atoms with E-state index in [1.165, 1.54) is 43.3 Å². The van der Waals surface area contributed by atoms with Gasteiger partial charge in [0.05, 0.1) is 36.2 Å². The summed E-state index contributed by atoms with van der Waals surface area (Å²) in [6.07, 6.45) is 3.63. The van der Waals surface area contributed by atoms with Gasteiger partial charge >= 0.3 is 17.9 Å². The largest absolute Gasteiger partial charge is 0.507 e. The lowest BCUT2D eigenvalue weighted by Crippen LogP contribution is -2.65. The van der Waals surface area contributed by atoms with E-state index in [0.717, 1.165) is 69.5 Å². The minimum Gasteiger partial charge on any atom is -0.507 e. The molecule has 4 N–H and O–H groups in total. The van der Waals surface area contributed by atoms with Gasteiger partial charge in [0.2, 0.25) is 5.78 Å². The minimum absolute atomic E-state index is 0. The van der Waals surface area contributed by atoms with Crippen LogP contribution < -0.4 is 10.6 Å². The van der Waals surface area contributed by atoms with Gasteiger partial charge in [-0.25, -0.2) is 18.4 Å². The molecule has 6 aromatic carbocycles. The molecule has 14 nitrogen and oxygen atoms in total. The van der Waals surface area contributed by atoms with Crippen LogP contribution in [0.3, 0.4) is 0 Å². The molecule has 4 atom stereocenters. The number of aromatic hydroxyl groups is 2. The molecule has 0 unspecified atom stereocenters. The molecule has 82 heavy (non-hydrogen) atoms. The van der Waals surface area contributed by atoms with Crippen molar-refractivity contribution in [2.75, 3.05) is 68.4 Å². The fraction of sp³-hybridized carbons (Fsp3) is 0.369. The summed E-state index contributed by atoms with van der Waals surface area (Å²) in [6, 6.07) is 42.5. The first-order chi connectivity index (χ1) is 38.1. The van der Waals surface area contributed by atoms with Gasteiger partial charge in [-0.05, 0) is 123 Å². The van der Waals surface area contributed by atoms with Crippen molar-refractivity contribution in [1.82, 2.24) is 4.90 Å². The number of alkyl halides is 1. The SMILES string of the molecule is C.C.C.CCOC(C)=O.O=C(CBr)c1ccccc1O.O=C(C[N+]12CCC(CC1)[C@@H](OC(=O)[C@H](Nc1ccc(F)cc1)c1ccccc1)C2)c1ccccc1O.O=C(O[C@H]1CN2CCC1CC2)[C@H](Nc1ccc(F)cc1)c1ccccc1. The number of carbonyl (C=O) groups excluding carboxylic acids is 5. The topological polar surface area (TPSA) is 181 Å². The van der Waals surface area contributed by atoms with Crippen molar-refractivity contribution in [3.8, 4) is 11.5 Å². The number of esters is 3. The van der Waals surface area contributed by atoms with Crippen LogP contribution >= 0.6 is 15.9 Å². The van der Waals surface area contributed by atoms with E-state index in [-0.39, 0.29) is 98.9 Å². The minimum atomic E-state index is -0.747. The van der Waals surface area contributed by atoms with Gasteiger partial charge in [-0.15, -0.1) is 0 Å². The molecule has 6 heterocycles. The van der Waals surface area contributed by atoms with Gasteiger partial charge in [0.15, 0.2) is 24.0 Å². The number of quaternary nitrogens is 1. The quantitative estimate of drug-likeness (QED) is 0.0237. The molecule has 6 aliphatic heterocycles. The van der Waals surface area contributed by atoms with E-state index in [1.807, 2.05) is 60.7 Å². The lowest BCUT2D eigenvalue weighted by molar-refractivity contribution is -0.938.